The zero-order valence-electron chi connectivity index (χ0n) is 16.3. The molecule has 3 aromatic rings. The zero-order valence-corrected chi connectivity index (χ0v) is 17.8. The Morgan fingerprint density at radius 3 is 2.43 bits per heavy atom. The highest BCUT2D eigenvalue weighted by molar-refractivity contribution is 6.39. The largest absolute Gasteiger partial charge is 0.329 e. The molecule has 1 aromatic heterocycles. The normalized spacial score (nSPS) is 10.7. The van der Waals surface area contributed by atoms with Crippen LogP contribution in [-0.2, 0) is 4.79 Å². The van der Waals surface area contributed by atoms with Gasteiger partial charge in [-0.1, -0.05) is 41.4 Å². The van der Waals surface area contributed by atoms with E-state index in [1.807, 2.05) is 0 Å². The lowest BCUT2D eigenvalue weighted by Gasteiger charge is -2.20. The predicted molar refractivity (Wildman–Crippen MR) is 115 cm³/mol. The van der Waals surface area contributed by atoms with Gasteiger partial charge in [0.1, 0.15) is 18.0 Å². The van der Waals surface area contributed by atoms with Crippen LogP contribution in [0.3, 0.4) is 0 Å². The van der Waals surface area contributed by atoms with Crippen LogP contribution in [0, 0.1) is 12.7 Å². The topological polar surface area (TPSA) is 67.2 Å². The number of nitrogens with one attached hydrogen (secondary N) is 1. The van der Waals surface area contributed by atoms with E-state index >= 15 is 0 Å². The Morgan fingerprint density at radius 2 is 1.80 bits per heavy atom. The van der Waals surface area contributed by atoms with E-state index in [0.717, 1.165) is 0 Å². The van der Waals surface area contributed by atoms with Crippen LogP contribution in [0.15, 0.2) is 48.7 Å². The number of aromatic nitrogens is 2. The van der Waals surface area contributed by atoms with Gasteiger partial charge in [0, 0.05) is 6.54 Å². The second-order valence-corrected chi connectivity index (χ2v) is 7.29. The Hall–Kier alpha value is -2.90. The van der Waals surface area contributed by atoms with Crippen molar-refractivity contribution in [3.8, 4) is 5.69 Å². The van der Waals surface area contributed by atoms with Crippen LogP contribution in [0.1, 0.15) is 23.0 Å². The summed E-state index contributed by atoms with van der Waals surface area (Å²) in [6.45, 7) is 3.50. The molecule has 9 heteroatoms. The van der Waals surface area contributed by atoms with Gasteiger partial charge in [0.25, 0.3) is 5.91 Å². The van der Waals surface area contributed by atoms with Crippen molar-refractivity contribution in [1.29, 1.82) is 0 Å². The molecular weight excluding hydrogens is 430 g/mol. The van der Waals surface area contributed by atoms with Crippen LogP contribution in [0.5, 0.6) is 0 Å². The van der Waals surface area contributed by atoms with Gasteiger partial charge in [-0.3, -0.25) is 9.59 Å². The highest BCUT2D eigenvalue weighted by Crippen LogP contribution is 2.29. The molecule has 3 rings (SSSR count). The number of carbonyl (C=O) groups excluding carboxylic acids is 2. The summed E-state index contributed by atoms with van der Waals surface area (Å²) in [4.78, 5) is 26.8. The third kappa shape index (κ3) is 4.47. The van der Waals surface area contributed by atoms with Gasteiger partial charge < -0.3 is 10.2 Å². The number of likely N-dealkylation sites (N-methyl/N-ethyl adjacent to an activating group) is 1. The van der Waals surface area contributed by atoms with Crippen LogP contribution in [0.25, 0.3) is 5.69 Å². The van der Waals surface area contributed by atoms with E-state index in [0.29, 0.717) is 15.7 Å². The Labute approximate surface area is 183 Å². The van der Waals surface area contributed by atoms with Crippen LogP contribution < -0.4 is 5.32 Å². The fraction of sp³-hybridized carbons (Fsp3) is 0.190. The monoisotopic (exact) mass is 448 g/mol. The molecule has 0 spiro atoms. The molecule has 6 nitrogen and oxygen atoms in total. The van der Waals surface area contributed by atoms with E-state index in [1.54, 1.807) is 50.2 Å². The Morgan fingerprint density at radius 1 is 1.13 bits per heavy atom. The van der Waals surface area contributed by atoms with Crippen molar-refractivity contribution in [2.24, 2.45) is 0 Å². The molecule has 0 aliphatic rings. The quantitative estimate of drug-likeness (QED) is 0.592. The molecule has 30 heavy (non-hydrogen) atoms. The number of rotatable bonds is 6. The minimum atomic E-state index is -0.453. The second-order valence-electron chi connectivity index (χ2n) is 6.47. The van der Waals surface area contributed by atoms with Crippen molar-refractivity contribution in [3.05, 3.63) is 75.8 Å². The van der Waals surface area contributed by atoms with Crippen molar-refractivity contribution in [2.75, 3.05) is 18.4 Å². The maximum absolute atomic E-state index is 14.1. The zero-order chi connectivity index (χ0) is 21.8. The number of benzene rings is 2. The van der Waals surface area contributed by atoms with Gasteiger partial charge in [-0.2, -0.15) is 5.10 Å². The van der Waals surface area contributed by atoms with Crippen molar-refractivity contribution >= 4 is 40.7 Å². The summed E-state index contributed by atoms with van der Waals surface area (Å²) in [5, 5.41) is 7.38. The molecule has 0 aliphatic heterocycles. The van der Waals surface area contributed by atoms with Gasteiger partial charge in [0.2, 0.25) is 5.91 Å². The summed E-state index contributed by atoms with van der Waals surface area (Å²) in [6, 6.07) is 11.0. The molecular formula is C21H19Cl2FN4O2. The minimum Gasteiger partial charge on any atom is -0.329 e. The summed E-state index contributed by atoms with van der Waals surface area (Å²) in [5.41, 5.74) is 1.28. The maximum Gasteiger partial charge on any atom is 0.257 e. The number of nitrogens with zero attached hydrogens (tertiary/aromatic N) is 3. The molecule has 0 unspecified atom stereocenters. The first-order chi connectivity index (χ1) is 14.3. The van der Waals surface area contributed by atoms with Crippen molar-refractivity contribution < 1.29 is 14.0 Å². The number of halogens is 3. The summed E-state index contributed by atoms with van der Waals surface area (Å²) in [5.74, 6) is -1.29. The van der Waals surface area contributed by atoms with Gasteiger partial charge in [-0.25, -0.2) is 9.07 Å². The summed E-state index contributed by atoms with van der Waals surface area (Å²) >= 11 is 12.2. The highest BCUT2D eigenvalue weighted by Gasteiger charge is 2.23. The van der Waals surface area contributed by atoms with Crippen LogP contribution in [0.4, 0.5) is 10.1 Å². The molecule has 2 aromatic carbocycles. The summed E-state index contributed by atoms with van der Waals surface area (Å²) in [7, 11) is 0. The molecule has 0 atom stereocenters. The van der Waals surface area contributed by atoms with Gasteiger partial charge in [-0.05, 0) is 38.1 Å². The van der Waals surface area contributed by atoms with E-state index in [2.05, 4.69) is 10.4 Å². The Kier molecular flexibility index (Phi) is 6.74. The Balaban J connectivity index is 1.78. The third-order valence-electron chi connectivity index (χ3n) is 4.55. The molecule has 0 radical (unpaired) electrons. The second kappa shape index (κ2) is 9.28. The molecule has 0 saturated carbocycles. The summed E-state index contributed by atoms with van der Waals surface area (Å²) < 4.78 is 15.5. The van der Waals surface area contributed by atoms with Gasteiger partial charge in [0.15, 0.2) is 0 Å². The van der Waals surface area contributed by atoms with E-state index in [4.69, 9.17) is 23.2 Å². The number of amides is 2. The summed E-state index contributed by atoms with van der Waals surface area (Å²) in [6.07, 6.45) is 1.37. The lowest BCUT2D eigenvalue weighted by Crippen LogP contribution is -2.38. The first-order valence-corrected chi connectivity index (χ1v) is 9.91. The lowest BCUT2D eigenvalue weighted by molar-refractivity contribution is -0.116. The first kappa shape index (κ1) is 21.8. The molecule has 1 heterocycles. The maximum atomic E-state index is 14.1. The number of hydrogen-bond donors (Lipinski definition) is 1. The predicted octanol–water partition coefficient (Wildman–Crippen LogP) is 4.73. The molecule has 0 fully saturated rings. The van der Waals surface area contributed by atoms with Gasteiger partial charge in [-0.15, -0.1) is 0 Å². The molecule has 0 bridgehead atoms. The van der Waals surface area contributed by atoms with Gasteiger partial charge in [0.05, 0.1) is 33.2 Å². The van der Waals surface area contributed by atoms with E-state index < -0.39 is 17.6 Å². The van der Waals surface area contributed by atoms with Crippen molar-refractivity contribution in [1.82, 2.24) is 14.7 Å². The standard InChI is InChI=1S/C21H19Cl2FN4O2/c1-3-27(12-19(29)26-20-15(22)7-6-8-16(20)23)21(30)14-11-25-28(13(14)2)18-10-5-4-9-17(18)24/h4-11H,3,12H2,1-2H3,(H,26,29). The molecule has 0 saturated heterocycles. The average molecular weight is 449 g/mol. The number of carbonyl (C=O) groups is 2. The Bertz CT molecular complexity index is 1080. The first-order valence-electron chi connectivity index (χ1n) is 9.16. The molecule has 1 N–H and O–H groups in total. The van der Waals surface area contributed by atoms with Crippen LogP contribution in [-0.4, -0.2) is 39.6 Å². The van der Waals surface area contributed by atoms with Crippen molar-refractivity contribution in [3.63, 3.8) is 0 Å². The molecule has 2 amide bonds. The van der Waals surface area contributed by atoms with Crippen LogP contribution in [0.2, 0.25) is 10.0 Å². The minimum absolute atomic E-state index is 0.207. The number of hydrogen-bond acceptors (Lipinski definition) is 3. The van der Waals surface area contributed by atoms with Gasteiger partial charge >= 0.3 is 0 Å². The fourth-order valence-electron chi connectivity index (χ4n) is 2.95. The molecule has 156 valence electrons. The van der Waals surface area contributed by atoms with Crippen LogP contribution >= 0.6 is 23.2 Å². The SMILES string of the molecule is CCN(CC(=O)Nc1c(Cl)cccc1Cl)C(=O)c1cnn(-c2ccccc2F)c1C. The average Bonchev–Trinajstić information content (AvgIpc) is 3.10. The van der Waals surface area contributed by atoms with Crippen molar-refractivity contribution in [2.45, 2.75) is 13.8 Å². The van der Waals surface area contributed by atoms with E-state index in [-0.39, 0.29) is 30.0 Å². The van der Waals surface area contributed by atoms with E-state index in [9.17, 15) is 14.0 Å². The smallest absolute Gasteiger partial charge is 0.257 e. The lowest BCUT2D eigenvalue weighted by atomic mass is 10.2. The number of para-hydroxylation sites is 2. The highest BCUT2D eigenvalue weighted by atomic mass is 35.5. The van der Waals surface area contributed by atoms with E-state index in [1.165, 1.54) is 21.8 Å². The fourth-order valence-corrected chi connectivity index (χ4v) is 3.44. The third-order valence-corrected chi connectivity index (χ3v) is 5.18. The number of anilines is 1. The molecule has 0 aliphatic carbocycles.